The van der Waals surface area contributed by atoms with Gasteiger partial charge in [0, 0.05) is 12.1 Å². The molecule has 0 bridgehead atoms. The minimum atomic E-state index is -4.49. The molecule has 0 aliphatic carbocycles. The Labute approximate surface area is 89.1 Å². The fourth-order valence-corrected chi connectivity index (χ4v) is 1.08. The lowest BCUT2D eigenvalue weighted by Crippen LogP contribution is -2.11. The zero-order chi connectivity index (χ0) is 11.5. The van der Waals surface area contributed by atoms with E-state index in [1.54, 1.807) is 0 Å². The summed E-state index contributed by atoms with van der Waals surface area (Å²) in [6.07, 6.45) is -4.66. The third kappa shape index (κ3) is 3.51. The van der Waals surface area contributed by atoms with Crippen LogP contribution in [-0.2, 0) is 17.4 Å². The summed E-state index contributed by atoms with van der Waals surface area (Å²) >= 11 is 5.23. The van der Waals surface area contributed by atoms with Gasteiger partial charge in [-0.3, -0.25) is 4.79 Å². The summed E-state index contributed by atoms with van der Waals surface area (Å²) in [6, 6.07) is 3.43. The number of carbonyl (C=O) groups excluding carboxylic acids is 1. The van der Waals surface area contributed by atoms with Gasteiger partial charge in [-0.2, -0.15) is 13.2 Å². The quantitative estimate of drug-likeness (QED) is 0.756. The number of hydrogen-bond acceptors (Lipinski definition) is 2. The Morgan fingerprint density at radius 2 is 2.07 bits per heavy atom. The lowest BCUT2D eigenvalue weighted by molar-refractivity contribution is -0.141. The Morgan fingerprint density at radius 1 is 1.40 bits per heavy atom. The molecular formula is C9H7ClF3NO. The highest BCUT2D eigenvalue weighted by Gasteiger charge is 2.32. The van der Waals surface area contributed by atoms with E-state index in [1.165, 1.54) is 12.1 Å². The number of halogens is 4. The highest BCUT2D eigenvalue weighted by atomic mass is 35.5. The van der Waals surface area contributed by atoms with Gasteiger partial charge in [-0.15, -0.1) is 11.6 Å². The van der Waals surface area contributed by atoms with Crippen LogP contribution in [-0.4, -0.2) is 16.6 Å². The number of rotatable bonds is 3. The maximum Gasteiger partial charge on any atom is 0.433 e. The smallest absolute Gasteiger partial charge is 0.298 e. The van der Waals surface area contributed by atoms with E-state index in [0.29, 0.717) is 0 Å². The van der Waals surface area contributed by atoms with Crippen LogP contribution in [0, 0.1) is 0 Å². The van der Waals surface area contributed by atoms with Crippen LogP contribution in [0.4, 0.5) is 13.2 Å². The summed E-state index contributed by atoms with van der Waals surface area (Å²) in [7, 11) is 0. The minimum Gasteiger partial charge on any atom is -0.298 e. The molecule has 0 amide bonds. The molecule has 1 rings (SSSR count). The van der Waals surface area contributed by atoms with Crippen LogP contribution in [0.25, 0.3) is 0 Å². The molecule has 15 heavy (non-hydrogen) atoms. The van der Waals surface area contributed by atoms with Crippen LogP contribution >= 0.6 is 11.6 Å². The first-order chi connectivity index (χ1) is 6.93. The lowest BCUT2D eigenvalue weighted by Gasteiger charge is -2.06. The zero-order valence-corrected chi connectivity index (χ0v) is 8.27. The van der Waals surface area contributed by atoms with Gasteiger partial charge >= 0.3 is 6.18 Å². The highest BCUT2D eigenvalue weighted by molar-refractivity contribution is 6.27. The molecule has 82 valence electrons. The highest BCUT2D eigenvalue weighted by Crippen LogP contribution is 2.27. The maximum atomic E-state index is 12.2. The van der Waals surface area contributed by atoms with Crippen LogP contribution in [0.5, 0.6) is 0 Å². The first-order valence-electron chi connectivity index (χ1n) is 4.04. The molecule has 0 saturated heterocycles. The van der Waals surface area contributed by atoms with Crippen molar-refractivity contribution in [3.05, 3.63) is 29.6 Å². The van der Waals surface area contributed by atoms with Crippen LogP contribution in [0.1, 0.15) is 11.4 Å². The van der Waals surface area contributed by atoms with Gasteiger partial charge in [-0.05, 0) is 12.1 Å². The second kappa shape index (κ2) is 4.61. The van der Waals surface area contributed by atoms with Crippen molar-refractivity contribution >= 4 is 17.4 Å². The van der Waals surface area contributed by atoms with Gasteiger partial charge in [0.2, 0.25) is 0 Å². The molecule has 0 aliphatic heterocycles. The molecule has 1 aromatic rings. The van der Waals surface area contributed by atoms with Gasteiger partial charge in [0.25, 0.3) is 0 Å². The molecule has 6 heteroatoms. The number of nitrogens with zero attached hydrogens (tertiary/aromatic N) is 1. The molecule has 0 aliphatic rings. The number of carbonyl (C=O) groups is 1. The number of aromatic nitrogens is 1. The zero-order valence-electron chi connectivity index (χ0n) is 7.51. The minimum absolute atomic E-state index is 0.0791. The van der Waals surface area contributed by atoms with Gasteiger partial charge in [-0.25, -0.2) is 4.98 Å². The fraction of sp³-hybridized carbons (Fsp3) is 0.333. The van der Waals surface area contributed by atoms with E-state index in [9.17, 15) is 18.0 Å². The summed E-state index contributed by atoms with van der Waals surface area (Å²) in [4.78, 5) is 14.2. The maximum absolute atomic E-state index is 12.2. The van der Waals surface area contributed by atoms with E-state index >= 15 is 0 Å². The van der Waals surface area contributed by atoms with E-state index < -0.39 is 11.9 Å². The standard InChI is InChI=1S/C9H7ClF3NO/c10-5-7(15)4-6-2-1-3-8(14-6)9(11,12)13/h1-3H,4-5H2. The molecule has 0 spiro atoms. The average Bonchev–Trinajstić information content (AvgIpc) is 2.17. The summed E-state index contributed by atoms with van der Waals surface area (Å²) in [5.41, 5.74) is -0.919. The Balaban J connectivity index is 2.88. The molecule has 0 radical (unpaired) electrons. The SMILES string of the molecule is O=C(CCl)Cc1cccc(C(F)(F)F)n1. The van der Waals surface area contributed by atoms with Crippen molar-refractivity contribution in [2.24, 2.45) is 0 Å². The lowest BCUT2D eigenvalue weighted by atomic mass is 10.2. The van der Waals surface area contributed by atoms with E-state index in [2.05, 4.69) is 4.98 Å². The largest absolute Gasteiger partial charge is 0.433 e. The van der Waals surface area contributed by atoms with Gasteiger partial charge in [-0.1, -0.05) is 6.07 Å². The molecule has 1 aromatic heterocycles. The first kappa shape index (κ1) is 12.0. The number of ketones is 1. The second-order valence-corrected chi connectivity index (χ2v) is 3.13. The Bertz CT molecular complexity index is 365. The van der Waals surface area contributed by atoms with Crippen molar-refractivity contribution in [1.82, 2.24) is 4.98 Å². The van der Waals surface area contributed by atoms with Crippen molar-refractivity contribution in [3.63, 3.8) is 0 Å². The molecule has 0 atom stereocenters. The number of Topliss-reactive ketones (excluding diaryl/α,β-unsaturated/α-hetero) is 1. The second-order valence-electron chi connectivity index (χ2n) is 2.86. The molecule has 0 saturated carbocycles. The number of pyridine rings is 1. The number of alkyl halides is 4. The molecule has 2 nitrogen and oxygen atoms in total. The third-order valence-electron chi connectivity index (χ3n) is 1.62. The Morgan fingerprint density at radius 3 is 2.60 bits per heavy atom. The molecule has 0 fully saturated rings. The predicted octanol–water partition coefficient (Wildman–Crippen LogP) is 2.45. The van der Waals surface area contributed by atoms with Gasteiger partial charge in [0.1, 0.15) is 5.69 Å². The molecule has 0 unspecified atom stereocenters. The van der Waals surface area contributed by atoms with Crippen molar-refractivity contribution in [1.29, 1.82) is 0 Å². The molecular weight excluding hydrogens is 231 g/mol. The Hall–Kier alpha value is -1.10. The van der Waals surface area contributed by atoms with Crippen LogP contribution in [0.3, 0.4) is 0 Å². The Kier molecular flexibility index (Phi) is 3.68. The summed E-state index contributed by atoms with van der Waals surface area (Å²) in [6.45, 7) is 0. The van der Waals surface area contributed by atoms with E-state index in [1.807, 2.05) is 0 Å². The summed E-state index contributed by atoms with van der Waals surface area (Å²) in [5, 5.41) is 0. The van der Waals surface area contributed by atoms with Crippen LogP contribution < -0.4 is 0 Å². The van der Waals surface area contributed by atoms with Crippen molar-refractivity contribution in [2.45, 2.75) is 12.6 Å². The first-order valence-corrected chi connectivity index (χ1v) is 4.57. The van der Waals surface area contributed by atoms with E-state index in [-0.39, 0.29) is 23.8 Å². The number of hydrogen-bond donors (Lipinski definition) is 0. The summed E-state index contributed by atoms with van der Waals surface area (Å²) < 4.78 is 36.6. The van der Waals surface area contributed by atoms with Crippen LogP contribution in [0.15, 0.2) is 18.2 Å². The average molecular weight is 238 g/mol. The topological polar surface area (TPSA) is 30.0 Å². The summed E-state index contributed by atoms with van der Waals surface area (Å²) in [5.74, 6) is -0.582. The molecule has 0 N–H and O–H groups in total. The van der Waals surface area contributed by atoms with Crippen molar-refractivity contribution in [2.75, 3.05) is 5.88 Å². The van der Waals surface area contributed by atoms with Crippen LogP contribution in [0.2, 0.25) is 0 Å². The third-order valence-corrected chi connectivity index (χ3v) is 1.92. The van der Waals surface area contributed by atoms with E-state index in [4.69, 9.17) is 11.6 Å². The molecule has 0 aromatic carbocycles. The monoisotopic (exact) mass is 237 g/mol. The van der Waals surface area contributed by atoms with E-state index in [0.717, 1.165) is 6.07 Å². The van der Waals surface area contributed by atoms with Gasteiger partial charge in [0.05, 0.1) is 5.88 Å². The van der Waals surface area contributed by atoms with Gasteiger partial charge in [0.15, 0.2) is 5.78 Å². The predicted molar refractivity (Wildman–Crippen MR) is 48.7 cm³/mol. The van der Waals surface area contributed by atoms with Gasteiger partial charge < -0.3 is 0 Å². The molecule has 1 heterocycles. The van der Waals surface area contributed by atoms with Crippen molar-refractivity contribution in [3.8, 4) is 0 Å². The normalized spacial score (nSPS) is 11.5. The fourth-order valence-electron chi connectivity index (χ4n) is 0.985. The van der Waals surface area contributed by atoms with Crippen molar-refractivity contribution < 1.29 is 18.0 Å².